The number of pyridine rings is 1. The van der Waals surface area contributed by atoms with Gasteiger partial charge in [0.15, 0.2) is 11.6 Å². The van der Waals surface area contributed by atoms with Crippen molar-refractivity contribution in [1.29, 1.82) is 0 Å². The molecule has 2 aromatic carbocycles. The Morgan fingerprint density at radius 2 is 1.86 bits per heavy atom. The van der Waals surface area contributed by atoms with Gasteiger partial charge in [0.1, 0.15) is 29.7 Å². The molecule has 0 aliphatic carbocycles. The zero-order chi connectivity index (χ0) is 30.7. The molecule has 12 nitrogen and oxygen atoms in total. The van der Waals surface area contributed by atoms with Gasteiger partial charge in [-0.25, -0.2) is 14.5 Å². The van der Waals surface area contributed by atoms with Gasteiger partial charge in [-0.05, 0) is 65.0 Å². The van der Waals surface area contributed by atoms with Crippen molar-refractivity contribution in [2.75, 3.05) is 12.3 Å². The maximum Gasteiger partial charge on any atom is 0.462 e. The molecule has 2 heterocycles. The number of para-hydroxylation sites is 1. The third-order valence-electron chi connectivity index (χ3n) is 5.99. The van der Waals surface area contributed by atoms with Gasteiger partial charge in [-0.3, -0.25) is 9.32 Å². The van der Waals surface area contributed by atoms with Crippen molar-refractivity contribution in [2.24, 2.45) is 0 Å². The average Bonchev–Trinajstić information content (AvgIpc) is 3.26. The normalized spacial score (nSPS) is 15.4. The number of fused-ring (bicyclic) bond motifs is 3. The second-order valence-electron chi connectivity index (χ2n) is 10.1. The molecule has 14 heteroatoms. The molecule has 4 aromatic rings. The summed E-state index contributed by atoms with van der Waals surface area (Å²) in [5.41, 5.74) is 7.90. The second kappa shape index (κ2) is 12.9. The van der Waals surface area contributed by atoms with Crippen molar-refractivity contribution in [1.82, 2.24) is 19.6 Å². The number of nitrogens with two attached hydrogens (primary N) is 1. The summed E-state index contributed by atoms with van der Waals surface area (Å²) in [6, 6.07) is 12.3. The number of hydrogen-bond acceptors (Lipinski definition) is 10. The number of esters is 1. The van der Waals surface area contributed by atoms with E-state index in [4.69, 9.17) is 35.9 Å². The van der Waals surface area contributed by atoms with E-state index < -0.39 is 31.6 Å². The lowest BCUT2D eigenvalue weighted by Gasteiger charge is -2.31. The van der Waals surface area contributed by atoms with Crippen LogP contribution in [0, 0.1) is 0 Å². The van der Waals surface area contributed by atoms with E-state index in [-0.39, 0.29) is 24.7 Å². The highest BCUT2D eigenvalue weighted by molar-refractivity contribution is 7.52. The molecule has 3 atom stereocenters. The summed E-state index contributed by atoms with van der Waals surface area (Å²) in [5, 5.41) is 15.4. The van der Waals surface area contributed by atoms with Gasteiger partial charge in [-0.1, -0.05) is 29.8 Å². The maximum atomic E-state index is 14.2. The molecule has 0 aliphatic heterocycles. The van der Waals surface area contributed by atoms with Crippen LogP contribution in [0.1, 0.15) is 40.4 Å². The van der Waals surface area contributed by atoms with Crippen LogP contribution < -0.4 is 15.3 Å². The van der Waals surface area contributed by atoms with Gasteiger partial charge < -0.3 is 29.4 Å². The fraction of sp³-hybridized carbons (Fsp3) is 0.393. The molecule has 0 aliphatic rings. The first kappa shape index (κ1) is 31.7. The molecule has 0 amide bonds. The lowest BCUT2D eigenvalue weighted by molar-refractivity contribution is -0.150. The third kappa shape index (κ3) is 7.57. The molecule has 226 valence electrons. The lowest BCUT2D eigenvalue weighted by Crippen LogP contribution is -2.40. The molecule has 0 saturated heterocycles. The Bertz CT molecular complexity index is 1610. The summed E-state index contributed by atoms with van der Waals surface area (Å²) in [5.74, 6) is -2.04. The van der Waals surface area contributed by atoms with Gasteiger partial charge in [0.2, 0.25) is 0 Å². The van der Waals surface area contributed by atoms with Crippen molar-refractivity contribution in [3.05, 3.63) is 59.4 Å². The molecule has 4 rings (SSSR count). The molecule has 0 bridgehead atoms. The number of aromatic nitrogens is 3. The maximum absolute atomic E-state index is 14.2. The summed E-state index contributed by atoms with van der Waals surface area (Å²) in [7, 11) is -4.45. The number of hydrogen-bond donors (Lipinski definition) is 3. The van der Waals surface area contributed by atoms with Crippen LogP contribution in [0.5, 0.6) is 5.75 Å². The Balaban J connectivity index is 1.74. The topological polar surface area (TPSA) is 160 Å². The number of nitrogens with one attached hydrogen (secondary N) is 1. The van der Waals surface area contributed by atoms with E-state index in [1.54, 1.807) is 18.4 Å². The molecule has 42 heavy (non-hydrogen) atoms. The summed E-state index contributed by atoms with van der Waals surface area (Å²) in [6.45, 7) is 8.26. The van der Waals surface area contributed by atoms with Crippen LogP contribution >= 0.6 is 19.3 Å². The number of nitrogen functional groups attached to an aromatic ring is 1. The van der Waals surface area contributed by atoms with Gasteiger partial charge in [-0.15, -0.1) is 0 Å². The van der Waals surface area contributed by atoms with Gasteiger partial charge in [0.25, 0.3) is 0 Å². The fourth-order valence-electron chi connectivity index (χ4n) is 4.29. The van der Waals surface area contributed by atoms with Crippen molar-refractivity contribution in [3.8, 4) is 5.75 Å². The highest BCUT2D eigenvalue weighted by Gasteiger charge is 2.40. The first-order valence-electron chi connectivity index (χ1n) is 13.4. The summed E-state index contributed by atoms with van der Waals surface area (Å²) in [6.07, 6.45) is -0.405. The Labute approximate surface area is 248 Å². The van der Waals surface area contributed by atoms with Crippen LogP contribution in [0.4, 0.5) is 5.82 Å². The van der Waals surface area contributed by atoms with Crippen molar-refractivity contribution in [2.45, 2.75) is 65.7 Å². The molecule has 2 aromatic heterocycles. The van der Waals surface area contributed by atoms with E-state index in [1.807, 2.05) is 31.2 Å². The summed E-state index contributed by atoms with van der Waals surface area (Å²) < 4.78 is 38.3. The highest BCUT2D eigenvalue weighted by Crippen LogP contribution is 2.48. The molecule has 1 unspecified atom stereocenters. The van der Waals surface area contributed by atoms with Crippen LogP contribution in [0.15, 0.2) is 48.5 Å². The first-order valence-corrected chi connectivity index (χ1v) is 15.3. The smallest absolute Gasteiger partial charge is 0.462 e. The number of ether oxygens (including phenoxy) is 2. The Morgan fingerprint density at radius 3 is 2.52 bits per heavy atom. The van der Waals surface area contributed by atoms with Gasteiger partial charge >= 0.3 is 13.7 Å². The standard InChI is InChI=1S/C28H35ClN5O7P/c1-6-38-15-23-32-24-25(21-9-7-8-10-22(21)31-26(24)30)34(23)16-28(5,36)41-42(37,33-18(4)27(35)39-17(2)3)40-20-13-11-19(29)12-14-20/h7-14,17-18,36H,6,15-16H2,1-5H3,(H2,30,31)(H,33,37)/t18-,28?,42-/m0/s1. The number of benzene rings is 2. The molecule has 0 saturated carbocycles. The average molecular weight is 620 g/mol. The first-order chi connectivity index (χ1) is 19.8. The van der Waals surface area contributed by atoms with Crippen LogP contribution in [0.25, 0.3) is 21.9 Å². The minimum Gasteiger partial charge on any atom is -0.462 e. The van der Waals surface area contributed by atoms with Crippen LogP contribution in [0.3, 0.4) is 0 Å². The lowest BCUT2D eigenvalue weighted by atomic mass is 10.2. The van der Waals surface area contributed by atoms with E-state index in [0.717, 1.165) is 5.39 Å². The number of rotatable bonds is 13. The summed E-state index contributed by atoms with van der Waals surface area (Å²) >= 11 is 5.99. The Hall–Kier alpha value is -3.25. The molecular formula is C28H35ClN5O7P. The molecule has 4 N–H and O–H groups in total. The van der Waals surface area contributed by atoms with Gasteiger partial charge in [0, 0.05) is 17.0 Å². The number of carbonyl (C=O) groups excluding carboxylic acids is 1. The minimum atomic E-state index is -4.45. The number of nitrogens with zero attached hydrogens (tertiary/aromatic N) is 3. The van der Waals surface area contributed by atoms with Crippen LogP contribution in [-0.2, 0) is 36.5 Å². The minimum absolute atomic E-state index is 0.101. The SMILES string of the molecule is CCOCc1nc2c(N)nc3ccccc3c2n1CC(C)(O)O[P@](=O)(N[C@@H](C)C(=O)OC(C)C)Oc1ccc(Cl)cc1. The highest BCUT2D eigenvalue weighted by atomic mass is 35.5. The number of imidazole rings is 1. The monoisotopic (exact) mass is 619 g/mol. The van der Waals surface area contributed by atoms with E-state index in [9.17, 15) is 14.5 Å². The Morgan fingerprint density at radius 1 is 1.17 bits per heavy atom. The van der Waals surface area contributed by atoms with Crippen molar-refractivity contribution < 1.29 is 33.0 Å². The molecule has 0 radical (unpaired) electrons. The fourth-order valence-corrected chi connectivity index (χ4v) is 6.11. The molecular weight excluding hydrogens is 585 g/mol. The van der Waals surface area contributed by atoms with E-state index in [2.05, 4.69) is 15.1 Å². The summed E-state index contributed by atoms with van der Waals surface area (Å²) in [4.78, 5) is 21.7. The third-order valence-corrected chi connectivity index (χ3v) is 8.03. The van der Waals surface area contributed by atoms with E-state index in [0.29, 0.717) is 34.0 Å². The predicted octanol–water partition coefficient (Wildman–Crippen LogP) is 5.20. The number of carbonyl (C=O) groups is 1. The van der Waals surface area contributed by atoms with E-state index >= 15 is 0 Å². The number of halogens is 1. The predicted molar refractivity (Wildman–Crippen MR) is 160 cm³/mol. The van der Waals surface area contributed by atoms with Crippen LogP contribution in [0.2, 0.25) is 5.02 Å². The quantitative estimate of drug-likeness (QED) is 0.102. The van der Waals surface area contributed by atoms with Gasteiger partial charge in [0.05, 0.1) is 23.7 Å². The molecule has 0 fully saturated rings. The molecule has 0 spiro atoms. The number of anilines is 1. The Kier molecular flexibility index (Phi) is 9.77. The largest absolute Gasteiger partial charge is 0.462 e. The second-order valence-corrected chi connectivity index (χ2v) is 12.2. The zero-order valence-corrected chi connectivity index (χ0v) is 25.7. The van der Waals surface area contributed by atoms with E-state index in [1.165, 1.54) is 38.1 Å². The zero-order valence-electron chi connectivity index (χ0n) is 24.0. The van der Waals surface area contributed by atoms with Crippen LogP contribution in [-0.4, -0.2) is 50.2 Å². The van der Waals surface area contributed by atoms with Crippen molar-refractivity contribution >= 4 is 53.1 Å². The number of aliphatic hydroxyl groups is 1. The van der Waals surface area contributed by atoms with Gasteiger partial charge in [-0.2, -0.15) is 5.09 Å². The van der Waals surface area contributed by atoms with Crippen molar-refractivity contribution in [3.63, 3.8) is 0 Å².